The summed E-state index contributed by atoms with van der Waals surface area (Å²) in [4.78, 5) is 4.39. The maximum Gasteiger partial charge on any atom is 0.253 e. The van der Waals surface area contributed by atoms with Crippen molar-refractivity contribution in [2.24, 2.45) is 0 Å². The number of nitrogens with one attached hydrogen (secondary N) is 1. The van der Waals surface area contributed by atoms with Gasteiger partial charge < -0.3 is 9.84 Å². The van der Waals surface area contributed by atoms with Gasteiger partial charge >= 0.3 is 0 Å². The van der Waals surface area contributed by atoms with E-state index in [-0.39, 0.29) is 12.4 Å². The van der Waals surface area contributed by atoms with E-state index < -0.39 is 0 Å². The number of nitrogens with zero attached hydrogens (tertiary/aromatic N) is 2. The summed E-state index contributed by atoms with van der Waals surface area (Å²) in [6, 6.07) is 0.382. The maximum absolute atomic E-state index is 5.24. The topological polar surface area (TPSA) is 51.0 Å². The Balaban J connectivity index is 0.00000128. The van der Waals surface area contributed by atoms with Crippen molar-refractivity contribution in [2.45, 2.75) is 38.6 Å². The quantitative estimate of drug-likeness (QED) is 0.881. The SMILES string of the molecule is CNC(C)Cc1noc(C2=CCCC2)n1.Cl. The van der Waals surface area contributed by atoms with Crippen LogP contribution in [0.25, 0.3) is 5.57 Å². The van der Waals surface area contributed by atoms with Crippen LogP contribution in [0.4, 0.5) is 0 Å². The highest BCUT2D eigenvalue weighted by Gasteiger charge is 2.15. The summed E-state index contributed by atoms with van der Waals surface area (Å²) >= 11 is 0. The Hall–Kier alpha value is -0.870. The van der Waals surface area contributed by atoms with E-state index in [2.05, 4.69) is 28.5 Å². The molecule has 0 radical (unpaired) electrons. The van der Waals surface area contributed by atoms with Crippen LogP contribution in [0, 0.1) is 0 Å². The van der Waals surface area contributed by atoms with E-state index in [1.807, 2.05) is 7.05 Å². The zero-order chi connectivity index (χ0) is 10.7. The second-order valence-corrected chi connectivity index (χ2v) is 4.03. The van der Waals surface area contributed by atoms with Crippen LogP contribution in [-0.4, -0.2) is 23.2 Å². The lowest BCUT2D eigenvalue weighted by molar-refractivity contribution is 0.396. The molecule has 0 saturated heterocycles. The predicted molar refractivity (Wildman–Crippen MR) is 65.6 cm³/mol. The van der Waals surface area contributed by atoms with Gasteiger partial charge in [0.15, 0.2) is 5.82 Å². The molecule has 1 aliphatic carbocycles. The van der Waals surface area contributed by atoms with Gasteiger partial charge in [-0.2, -0.15) is 4.98 Å². The Kier molecular flexibility index (Phi) is 4.96. The summed E-state index contributed by atoms with van der Waals surface area (Å²) in [5.74, 6) is 1.51. The third kappa shape index (κ3) is 3.06. The molecule has 16 heavy (non-hydrogen) atoms. The Labute approximate surface area is 102 Å². The lowest BCUT2D eigenvalue weighted by Gasteiger charge is -2.04. The first-order valence-corrected chi connectivity index (χ1v) is 5.49. The summed E-state index contributed by atoms with van der Waals surface area (Å²) in [5.41, 5.74) is 1.21. The number of hydrogen-bond donors (Lipinski definition) is 1. The Bertz CT molecular complexity index is 362. The second-order valence-electron chi connectivity index (χ2n) is 4.03. The first kappa shape index (κ1) is 13.2. The summed E-state index contributed by atoms with van der Waals surface area (Å²) in [6.07, 6.45) is 6.43. The number of allylic oxidation sites excluding steroid dienone is 2. The molecule has 1 aromatic rings. The van der Waals surface area contributed by atoms with Gasteiger partial charge in [0.25, 0.3) is 5.89 Å². The smallest absolute Gasteiger partial charge is 0.253 e. The van der Waals surface area contributed by atoms with Gasteiger partial charge in [-0.25, -0.2) is 0 Å². The minimum Gasteiger partial charge on any atom is -0.334 e. The Morgan fingerprint density at radius 1 is 1.56 bits per heavy atom. The third-order valence-electron chi connectivity index (χ3n) is 2.77. The molecule has 5 heteroatoms. The van der Waals surface area contributed by atoms with Crippen molar-refractivity contribution < 1.29 is 4.52 Å². The fourth-order valence-corrected chi connectivity index (χ4v) is 1.71. The molecule has 90 valence electrons. The molecular weight excluding hydrogens is 226 g/mol. The van der Waals surface area contributed by atoms with Gasteiger partial charge in [-0.3, -0.25) is 0 Å². The van der Waals surface area contributed by atoms with Crippen LogP contribution in [-0.2, 0) is 6.42 Å². The normalized spacial score (nSPS) is 16.8. The van der Waals surface area contributed by atoms with Gasteiger partial charge in [0.05, 0.1) is 0 Å². The minimum absolute atomic E-state index is 0. The molecule has 1 heterocycles. The molecule has 0 aromatic carbocycles. The van der Waals surface area contributed by atoms with Crippen molar-refractivity contribution in [3.63, 3.8) is 0 Å². The highest BCUT2D eigenvalue weighted by Crippen LogP contribution is 2.26. The van der Waals surface area contributed by atoms with E-state index in [1.54, 1.807) is 0 Å². The highest BCUT2D eigenvalue weighted by atomic mass is 35.5. The molecule has 0 amide bonds. The number of hydrogen-bond acceptors (Lipinski definition) is 4. The lowest BCUT2D eigenvalue weighted by atomic mass is 10.2. The third-order valence-corrected chi connectivity index (χ3v) is 2.77. The van der Waals surface area contributed by atoms with Crippen molar-refractivity contribution in [1.82, 2.24) is 15.5 Å². The maximum atomic E-state index is 5.24. The summed E-state index contributed by atoms with van der Waals surface area (Å²) in [7, 11) is 1.94. The summed E-state index contributed by atoms with van der Waals surface area (Å²) < 4.78 is 5.24. The standard InChI is InChI=1S/C11H17N3O.ClH/c1-8(12-2)7-10-13-11(15-14-10)9-5-3-4-6-9;/h5,8,12H,3-4,6-7H2,1-2H3;1H. The molecule has 1 unspecified atom stereocenters. The number of likely N-dealkylation sites (N-methyl/N-ethyl adjacent to an activating group) is 1. The van der Waals surface area contributed by atoms with E-state index >= 15 is 0 Å². The number of rotatable bonds is 4. The largest absolute Gasteiger partial charge is 0.334 e. The van der Waals surface area contributed by atoms with Crippen molar-refractivity contribution in [2.75, 3.05) is 7.05 Å². The predicted octanol–water partition coefficient (Wildman–Crippen LogP) is 2.21. The average Bonchev–Trinajstić information content (AvgIpc) is 2.85. The van der Waals surface area contributed by atoms with Gasteiger partial charge in [-0.05, 0) is 33.2 Å². The van der Waals surface area contributed by atoms with Gasteiger partial charge in [-0.15, -0.1) is 12.4 Å². The van der Waals surface area contributed by atoms with Crippen LogP contribution in [0.5, 0.6) is 0 Å². The summed E-state index contributed by atoms with van der Waals surface area (Å²) in [6.45, 7) is 2.10. The first-order chi connectivity index (χ1) is 7.29. The van der Waals surface area contributed by atoms with Crippen LogP contribution < -0.4 is 5.32 Å². The molecule has 0 saturated carbocycles. The monoisotopic (exact) mass is 243 g/mol. The Morgan fingerprint density at radius 2 is 2.38 bits per heavy atom. The van der Waals surface area contributed by atoms with Gasteiger partial charge in [0.2, 0.25) is 0 Å². The van der Waals surface area contributed by atoms with Gasteiger partial charge in [0, 0.05) is 18.0 Å². The van der Waals surface area contributed by atoms with Crippen molar-refractivity contribution >= 4 is 18.0 Å². The summed E-state index contributed by atoms with van der Waals surface area (Å²) in [5, 5.41) is 7.14. The fourth-order valence-electron chi connectivity index (χ4n) is 1.71. The van der Waals surface area contributed by atoms with E-state index in [1.165, 1.54) is 12.0 Å². The second kappa shape index (κ2) is 6.01. The van der Waals surface area contributed by atoms with Crippen molar-refractivity contribution in [3.05, 3.63) is 17.8 Å². The molecule has 2 rings (SSSR count). The molecule has 1 atom stereocenters. The Morgan fingerprint density at radius 3 is 3.00 bits per heavy atom. The van der Waals surface area contributed by atoms with Gasteiger partial charge in [-0.1, -0.05) is 11.2 Å². The van der Waals surface area contributed by atoms with Crippen LogP contribution >= 0.6 is 12.4 Å². The zero-order valence-electron chi connectivity index (χ0n) is 9.69. The molecule has 0 bridgehead atoms. The molecule has 0 aliphatic heterocycles. The van der Waals surface area contributed by atoms with E-state index in [9.17, 15) is 0 Å². The molecule has 1 aliphatic rings. The number of aromatic nitrogens is 2. The van der Waals surface area contributed by atoms with Gasteiger partial charge in [0.1, 0.15) is 0 Å². The molecule has 1 N–H and O–H groups in total. The van der Waals surface area contributed by atoms with E-state index in [0.717, 1.165) is 25.1 Å². The minimum atomic E-state index is 0. The zero-order valence-corrected chi connectivity index (χ0v) is 10.5. The number of halogens is 1. The lowest BCUT2D eigenvalue weighted by Crippen LogP contribution is -2.24. The molecule has 0 spiro atoms. The van der Waals surface area contributed by atoms with Crippen LogP contribution in [0.3, 0.4) is 0 Å². The molecule has 4 nitrogen and oxygen atoms in total. The van der Waals surface area contributed by atoms with Crippen LogP contribution in [0.1, 0.15) is 37.9 Å². The van der Waals surface area contributed by atoms with Crippen molar-refractivity contribution in [3.8, 4) is 0 Å². The highest BCUT2D eigenvalue weighted by molar-refractivity contribution is 5.85. The first-order valence-electron chi connectivity index (χ1n) is 5.49. The van der Waals surface area contributed by atoms with E-state index in [0.29, 0.717) is 11.9 Å². The fraction of sp³-hybridized carbons (Fsp3) is 0.636. The van der Waals surface area contributed by atoms with E-state index in [4.69, 9.17) is 4.52 Å². The molecule has 0 fully saturated rings. The molecule has 1 aromatic heterocycles. The molecular formula is C11H18ClN3O. The van der Waals surface area contributed by atoms with Crippen molar-refractivity contribution in [1.29, 1.82) is 0 Å². The van der Waals surface area contributed by atoms with Crippen LogP contribution in [0.15, 0.2) is 10.6 Å². The van der Waals surface area contributed by atoms with Crippen LogP contribution in [0.2, 0.25) is 0 Å². The average molecular weight is 244 g/mol.